The zero-order chi connectivity index (χ0) is 8.39. The first-order chi connectivity index (χ1) is 5.86. The average Bonchev–Trinajstić information content (AvgIpc) is 2.65. The molecule has 0 radical (unpaired) electrons. The van der Waals surface area contributed by atoms with Crippen LogP contribution in [0.15, 0.2) is 6.20 Å². The van der Waals surface area contributed by atoms with Crippen LogP contribution >= 0.6 is 0 Å². The summed E-state index contributed by atoms with van der Waals surface area (Å²) in [5.41, 5.74) is 0. The number of rotatable bonds is 2. The minimum absolute atomic E-state index is 0.530. The molecule has 0 amide bonds. The standard InChI is InChI=1S/C7H13N5/c1-12-7(5-9-11-12)10-6-2-3-8-4-6/h5-6,8,10H,2-4H2,1H3. The summed E-state index contributed by atoms with van der Waals surface area (Å²) in [7, 11) is 1.89. The Bertz CT molecular complexity index is 250. The summed E-state index contributed by atoms with van der Waals surface area (Å²) in [5.74, 6) is 0.990. The first-order valence-electron chi connectivity index (χ1n) is 4.18. The van der Waals surface area contributed by atoms with Crippen LogP contribution in [-0.4, -0.2) is 34.1 Å². The lowest BCUT2D eigenvalue weighted by Crippen LogP contribution is -2.23. The highest BCUT2D eigenvalue weighted by Gasteiger charge is 2.14. The van der Waals surface area contributed by atoms with Gasteiger partial charge < -0.3 is 10.6 Å². The van der Waals surface area contributed by atoms with Crippen molar-refractivity contribution in [1.82, 2.24) is 20.3 Å². The maximum Gasteiger partial charge on any atom is 0.144 e. The fourth-order valence-corrected chi connectivity index (χ4v) is 1.41. The molecule has 1 atom stereocenters. The summed E-state index contributed by atoms with van der Waals surface area (Å²) >= 11 is 0. The SMILES string of the molecule is Cn1nncc1NC1CCNC1. The molecule has 1 saturated heterocycles. The van der Waals surface area contributed by atoms with E-state index in [2.05, 4.69) is 20.9 Å². The fourth-order valence-electron chi connectivity index (χ4n) is 1.41. The number of nitrogens with zero attached hydrogens (tertiary/aromatic N) is 3. The van der Waals surface area contributed by atoms with Gasteiger partial charge in [-0.25, -0.2) is 4.68 Å². The quantitative estimate of drug-likeness (QED) is 0.628. The van der Waals surface area contributed by atoms with E-state index in [-0.39, 0.29) is 0 Å². The number of aryl methyl sites for hydroxylation is 1. The molecule has 0 bridgehead atoms. The van der Waals surface area contributed by atoms with Crippen molar-refractivity contribution in [1.29, 1.82) is 0 Å². The van der Waals surface area contributed by atoms with Gasteiger partial charge in [0.25, 0.3) is 0 Å². The molecule has 1 aromatic rings. The summed E-state index contributed by atoms with van der Waals surface area (Å²) < 4.78 is 1.75. The van der Waals surface area contributed by atoms with E-state index in [9.17, 15) is 0 Å². The van der Waals surface area contributed by atoms with Gasteiger partial charge in [0.1, 0.15) is 5.82 Å². The Kier molecular flexibility index (Phi) is 1.95. The Morgan fingerprint density at radius 2 is 2.67 bits per heavy atom. The van der Waals surface area contributed by atoms with Crippen LogP contribution in [0, 0.1) is 0 Å². The lowest BCUT2D eigenvalue weighted by molar-refractivity contribution is 0.700. The van der Waals surface area contributed by atoms with Crippen molar-refractivity contribution in [3.63, 3.8) is 0 Å². The number of aromatic nitrogens is 3. The fraction of sp³-hybridized carbons (Fsp3) is 0.714. The summed E-state index contributed by atoms with van der Waals surface area (Å²) in [5, 5.41) is 14.3. The lowest BCUT2D eigenvalue weighted by atomic mass is 10.3. The second kappa shape index (κ2) is 3.10. The van der Waals surface area contributed by atoms with Crippen LogP contribution in [0.2, 0.25) is 0 Å². The van der Waals surface area contributed by atoms with Gasteiger partial charge in [0, 0.05) is 19.6 Å². The molecule has 0 saturated carbocycles. The van der Waals surface area contributed by atoms with Gasteiger partial charge in [-0.05, 0) is 13.0 Å². The zero-order valence-electron chi connectivity index (χ0n) is 7.12. The second-order valence-electron chi connectivity index (χ2n) is 3.08. The van der Waals surface area contributed by atoms with E-state index in [0.717, 1.165) is 18.9 Å². The van der Waals surface area contributed by atoms with Crippen LogP contribution in [0.1, 0.15) is 6.42 Å². The predicted molar refractivity (Wildman–Crippen MR) is 45.9 cm³/mol. The zero-order valence-corrected chi connectivity index (χ0v) is 7.12. The van der Waals surface area contributed by atoms with Crippen molar-refractivity contribution < 1.29 is 0 Å². The minimum Gasteiger partial charge on any atom is -0.365 e. The number of hydrogen-bond acceptors (Lipinski definition) is 4. The molecule has 0 aromatic carbocycles. The van der Waals surface area contributed by atoms with Crippen LogP contribution in [0.3, 0.4) is 0 Å². The van der Waals surface area contributed by atoms with Gasteiger partial charge in [0.15, 0.2) is 0 Å². The summed E-state index contributed by atoms with van der Waals surface area (Å²) in [4.78, 5) is 0. The molecular formula is C7H13N5. The maximum absolute atomic E-state index is 3.84. The molecule has 12 heavy (non-hydrogen) atoms. The highest BCUT2D eigenvalue weighted by Crippen LogP contribution is 2.07. The van der Waals surface area contributed by atoms with E-state index in [4.69, 9.17) is 0 Å². The highest BCUT2D eigenvalue weighted by molar-refractivity contribution is 5.32. The van der Waals surface area contributed by atoms with E-state index >= 15 is 0 Å². The third kappa shape index (κ3) is 1.40. The number of hydrogen-bond donors (Lipinski definition) is 2. The van der Waals surface area contributed by atoms with Gasteiger partial charge >= 0.3 is 0 Å². The van der Waals surface area contributed by atoms with Crippen LogP contribution in [0.25, 0.3) is 0 Å². The van der Waals surface area contributed by atoms with Crippen molar-refractivity contribution in [3.05, 3.63) is 6.20 Å². The minimum atomic E-state index is 0.530. The Morgan fingerprint density at radius 3 is 3.25 bits per heavy atom. The maximum atomic E-state index is 3.84. The largest absolute Gasteiger partial charge is 0.365 e. The molecule has 0 spiro atoms. The van der Waals surface area contributed by atoms with E-state index in [0.29, 0.717) is 6.04 Å². The van der Waals surface area contributed by atoms with Gasteiger partial charge in [-0.15, -0.1) is 5.10 Å². The Labute approximate surface area is 71.1 Å². The van der Waals surface area contributed by atoms with Gasteiger partial charge in [-0.3, -0.25) is 0 Å². The van der Waals surface area contributed by atoms with Crippen molar-refractivity contribution in [3.8, 4) is 0 Å². The molecule has 2 heterocycles. The molecule has 5 heteroatoms. The smallest absolute Gasteiger partial charge is 0.144 e. The molecule has 5 nitrogen and oxygen atoms in total. The van der Waals surface area contributed by atoms with Gasteiger partial charge in [0.05, 0.1) is 6.20 Å². The van der Waals surface area contributed by atoms with Crippen LogP contribution in [0.4, 0.5) is 5.82 Å². The third-order valence-electron chi connectivity index (χ3n) is 2.13. The van der Waals surface area contributed by atoms with Gasteiger partial charge in [-0.1, -0.05) is 5.21 Å². The topological polar surface area (TPSA) is 54.8 Å². The summed E-state index contributed by atoms with van der Waals surface area (Å²) in [6.45, 7) is 2.13. The molecule has 1 fully saturated rings. The first-order valence-corrected chi connectivity index (χ1v) is 4.18. The molecule has 2 rings (SSSR count). The molecule has 66 valence electrons. The first kappa shape index (κ1) is 7.54. The van der Waals surface area contributed by atoms with Crippen molar-refractivity contribution in [2.45, 2.75) is 12.5 Å². The van der Waals surface area contributed by atoms with E-state index in [1.165, 1.54) is 6.42 Å². The molecule has 1 aliphatic rings. The second-order valence-corrected chi connectivity index (χ2v) is 3.08. The van der Waals surface area contributed by atoms with Crippen molar-refractivity contribution in [2.24, 2.45) is 7.05 Å². The van der Waals surface area contributed by atoms with Gasteiger partial charge in [0.2, 0.25) is 0 Å². The number of nitrogens with one attached hydrogen (secondary N) is 2. The lowest BCUT2D eigenvalue weighted by Gasteiger charge is -2.11. The Morgan fingerprint density at radius 1 is 1.75 bits per heavy atom. The molecular weight excluding hydrogens is 154 g/mol. The summed E-state index contributed by atoms with van der Waals surface area (Å²) in [6.07, 6.45) is 2.92. The van der Waals surface area contributed by atoms with Crippen molar-refractivity contribution in [2.75, 3.05) is 18.4 Å². The normalized spacial score (nSPS) is 22.9. The van der Waals surface area contributed by atoms with Crippen molar-refractivity contribution >= 4 is 5.82 Å². The van der Waals surface area contributed by atoms with Crippen LogP contribution in [0.5, 0.6) is 0 Å². The Hall–Kier alpha value is -1.10. The predicted octanol–water partition coefficient (Wildman–Crippen LogP) is -0.411. The average molecular weight is 167 g/mol. The third-order valence-corrected chi connectivity index (χ3v) is 2.13. The molecule has 1 unspecified atom stereocenters. The van der Waals surface area contributed by atoms with E-state index in [1.54, 1.807) is 10.9 Å². The molecule has 0 aliphatic carbocycles. The molecule has 1 aliphatic heterocycles. The van der Waals surface area contributed by atoms with Gasteiger partial charge in [-0.2, -0.15) is 0 Å². The van der Waals surface area contributed by atoms with E-state index < -0.39 is 0 Å². The molecule has 2 N–H and O–H groups in total. The highest BCUT2D eigenvalue weighted by atomic mass is 15.4. The summed E-state index contributed by atoms with van der Waals surface area (Å²) in [6, 6.07) is 0.530. The number of anilines is 1. The van der Waals surface area contributed by atoms with Crippen LogP contribution < -0.4 is 10.6 Å². The monoisotopic (exact) mass is 167 g/mol. The Balaban J connectivity index is 1.98. The molecule has 1 aromatic heterocycles. The van der Waals surface area contributed by atoms with Crippen LogP contribution in [-0.2, 0) is 7.05 Å². The van der Waals surface area contributed by atoms with E-state index in [1.807, 2.05) is 7.05 Å².